The Bertz CT molecular complexity index is 4510. The molecule has 0 spiro atoms. The predicted molar refractivity (Wildman–Crippen MR) is 458 cm³/mol. The van der Waals surface area contributed by atoms with Gasteiger partial charge in [-0.2, -0.15) is 16.8 Å². The van der Waals surface area contributed by atoms with Crippen LogP contribution in [0.25, 0.3) is 0 Å². The van der Waals surface area contributed by atoms with Crippen LogP contribution in [0.3, 0.4) is 0 Å². The third kappa shape index (κ3) is 28.6. The summed E-state index contributed by atoms with van der Waals surface area (Å²) in [5.74, 6) is -4.35. The molecular weight excluding hydrogens is 2100 g/mol. The summed E-state index contributed by atoms with van der Waals surface area (Å²) >= 11 is 0. The monoisotopic (exact) mass is 2240 g/mol. The number of hydrogen-bond acceptors (Lipinski definition) is 62. The highest BCUT2D eigenvalue weighted by atomic mass is 32.3. The van der Waals surface area contributed by atoms with Crippen LogP contribution in [0.5, 0.6) is 0 Å². The highest BCUT2D eigenvalue weighted by Gasteiger charge is 2.65. The Hall–Kier alpha value is -4.46. The molecule has 12 rings (SSSR count). The van der Waals surface area contributed by atoms with Crippen molar-refractivity contribution in [1.29, 1.82) is 0 Å². The molecule has 0 bridgehead atoms. The van der Waals surface area contributed by atoms with E-state index in [0.717, 1.165) is 41.5 Å². The molecule has 0 aromatic heterocycles. The van der Waals surface area contributed by atoms with E-state index in [0.29, 0.717) is 0 Å². The lowest BCUT2D eigenvalue weighted by molar-refractivity contribution is -0.404. The van der Waals surface area contributed by atoms with Gasteiger partial charge in [0.25, 0.3) is 0 Å². The van der Waals surface area contributed by atoms with Crippen molar-refractivity contribution in [2.45, 2.75) is 417 Å². The molecule has 68 nitrogen and oxygen atoms in total. The number of hydrogen-bond donors (Lipinski definition) is 35. The lowest BCUT2D eigenvalue weighted by Gasteiger charge is -2.52. The van der Waals surface area contributed by atoms with Crippen molar-refractivity contribution >= 4 is 44.4 Å². The van der Waals surface area contributed by atoms with Gasteiger partial charge in [-0.25, -0.2) is 8.37 Å². The molecule has 12 fully saturated rings. The van der Waals surface area contributed by atoms with Crippen LogP contribution >= 0.6 is 0 Å². The normalized spacial score (nSPS) is 49.1. The highest BCUT2D eigenvalue weighted by molar-refractivity contribution is 7.81. The van der Waals surface area contributed by atoms with E-state index in [1.165, 1.54) is 6.92 Å². The van der Waals surface area contributed by atoms with E-state index in [9.17, 15) is 193 Å². The van der Waals surface area contributed by atoms with E-state index < -0.39 is 472 Å². The second kappa shape index (κ2) is 52.8. The van der Waals surface area contributed by atoms with Gasteiger partial charge in [-0.3, -0.25) is 28.3 Å². The van der Waals surface area contributed by atoms with Gasteiger partial charge in [0.05, 0.1) is 77.8 Å². The minimum atomic E-state index is -5.72. The van der Waals surface area contributed by atoms with Gasteiger partial charge < -0.3 is 278 Å². The number of ether oxygens (including phenoxy) is 23. The minimum absolute atomic E-state index is 0.792. The standard InChI is InChI=1S/C80H134N4O64S2/c1-17-37(94)47(104)54(111)73(128-17)124-14-30-61(45(102)33(69(117)131-30)81-20(4)90)140-70-34(82-21(5)91)46(103)60(28(12-89)136-70)141-78-59(116)66(146-80-68(53(110)43(100)27(11-88)135-80)148-72-36(84-23(7)93)65(145-75-56(113)49(106)39(96)19(3)130-75)63(32(139-72)16-127-150(121,122)123)143-77-58(115)51(108)41(98)25(9-86)133-77)44(101)29(137-78)13-125-79-67(52(109)42(99)26(10-87)134-79)147-71-35(83-22(6)92)64(144-74-55(112)48(105)38(95)18(2)129-74)62(31(138-71)15-126-149(118,119)120)142-76-57(114)50(107)40(97)24(8-85)132-76/h17-19,24-80,85-89,94-117H,8-16H2,1-7H3,(H,81,90)(H,82,91)(H,83,92)(H,84,93)(H,118,119,120)(H,121,122,123)/t17-,18-,19-,24+,25+,26+,27+,28+,29+,30+,31+,32+,33+,34+,35+,36+,37+,38+,39+,40-,41-,42+,43+,44+,45+,46+,47+,48+,49+,50-,51-,52-,53-,54-,55-,56+,57+,58+,59-,60+,61+,62+,63+,64+,65+,66-,67-,68-,69+,70-,71-,72-,73+,74-,75-,76-,77-,78-,79-,80+/m0/s1. The topological polar surface area (TPSA) is 1040 Å². The molecule has 12 aliphatic heterocycles. The second-order valence-electron chi connectivity index (χ2n) is 37.6. The second-order valence-corrected chi connectivity index (χ2v) is 39.8. The van der Waals surface area contributed by atoms with Crippen LogP contribution in [0.1, 0.15) is 48.5 Å². The molecule has 0 aromatic carbocycles. The van der Waals surface area contributed by atoms with E-state index >= 15 is 0 Å². The van der Waals surface area contributed by atoms with Gasteiger partial charge in [-0.1, -0.05) is 0 Å². The van der Waals surface area contributed by atoms with Crippen molar-refractivity contribution in [3.63, 3.8) is 0 Å². The summed E-state index contributed by atoms with van der Waals surface area (Å²) in [6, 6.07) is -8.62. The molecule has 12 heterocycles. The van der Waals surface area contributed by atoms with Crippen LogP contribution in [0.4, 0.5) is 0 Å². The van der Waals surface area contributed by atoms with Crippen molar-refractivity contribution < 1.29 is 311 Å². The number of carbonyl (C=O) groups excluding carboxylic acids is 4. The molecule has 0 unspecified atom stereocenters. The van der Waals surface area contributed by atoms with Crippen molar-refractivity contribution in [2.24, 2.45) is 0 Å². The largest absolute Gasteiger partial charge is 0.397 e. The summed E-state index contributed by atoms with van der Waals surface area (Å²) in [7, 11) is -11.4. The summed E-state index contributed by atoms with van der Waals surface area (Å²) in [5, 5.41) is 339. The lowest BCUT2D eigenvalue weighted by Crippen LogP contribution is -2.71. The first kappa shape index (κ1) is 124. The number of aliphatic hydroxyl groups is 29. The van der Waals surface area contributed by atoms with Crippen LogP contribution in [0.15, 0.2) is 0 Å². The van der Waals surface area contributed by atoms with Gasteiger partial charge in [-0.15, -0.1) is 0 Å². The number of carbonyl (C=O) groups is 4. The predicted octanol–water partition coefficient (Wildman–Crippen LogP) is -23.8. The molecule has 0 aliphatic carbocycles. The Labute approximate surface area is 849 Å². The first-order valence-corrected chi connectivity index (χ1v) is 49.8. The summed E-state index contributed by atoms with van der Waals surface area (Å²) in [4.78, 5) is 53.6. The fourth-order valence-electron chi connectivity index (χ4n) is 18.9. The first-order chi connectivity index (χ1) is 70.4. The van der Waals surface area contributed by atoms with Gasteiger partial charge in [0.15, 0.2) is 75.5 Å². The lowest BCUT2D eigenvalue weighted by atomic mass is 9.93. The molecule has 12 saturated heterocycles. The third-order valence-electron chi connectivity index (χ3n) is 27.0. The van der Waals surface area contributed by atoms with Gasteiger partial charge in [0.1, 0.15) is 274 Å². The maximum Gasteiger partial charge on any atom is 0.397 e. The molecule has 0 aromatic rings. The summed E-state index contributed by atoms with van der Waals surface area (Å²) in [6.07, 6.45) is -127. The fraction of sp³-hybridized carbons (Fsp3) is 0.950. The van der Waals surface area contributed by atoms with Crippen LogP contribution in [0.2, 0.25) is 0 Å². The average Bonchev–Trinajstić information content (AvgIpc) is 0.754. The number of rotatable bonds is 39. The van der Waals surface area contributed by atoms with E-state index in [1.54, 1.807) is 0 Å². The average molecular weight is 2240 g/mol. The molecule has 12 aliphatic rings. The van der Waals surface area contributed by atoms with Crippen molar-refractivity contribution in [2.75, 3.05) is 59.5 Å². The van der Waals surface area contributed by atoms with Crippen LogP contribution in [-0.2, 0) is 157 Å². The molecule has 4 amide bonds. The van der Waals surface area contributed by atoms with Gasteiger partial charge in [-0.05, 0) is 20.8 Å². The van der Waals surface area contributed by atoms with Crippen LogP contribution in [0, 0.1) is 0 Å². The maximum absolute atomic E-state index is 13.8. The molecule has 70 heteroatoms. The smallest absolute Gasteiger partial charge is 0.394 e. The van der Waals surface area contributed by atoms with Crippen molar-refractivity contribution in [1.82, 2.24) is 21.3 Å². The zero-order valence-electron chi connectivity index (χ0n) is 80.2. The Morgan fingerprint density at radius 1 is 0.220 bits per heavy atom. The van der Waals surface area contributed by atoms with Crippen LogP contribution < -0.4 is 21.3 Å². The first-order valence-electron chi connectivity index (χ1n) is 47.0. The summed E-state index contributed by atoms with van der Waals surface area (Å²) in [6.45, 7) is -5.01. The molecule has 0 radical (unpaired) electrons. The minimum Gasteiger partial charge on any atom is -0.394 e. The Morgan fingerprint density at radius 3 is 0.887 bits per heavy atom. The molecule has 870 valence electrons. The van der Waals surface area contributed by atoms with Gasteiger partial charge >= 0.3 is 20.8 Å². The highest BCUT2D eigenvalue weighted by Crippen LogP contribution is 2.44. The zero-order valence-corrected chi connectivity index (χ0v) is 81.8. The number of amides is 4. The zero-order chi connectivity index (χ0) is 111. The Kier molecular flexibility index (Phi) is 43.7. The number of aliphatic hydroxyl groups excluding tert-OH is 29. The SMILES string of the molecule is CC(=O)N[C@@H]1[C@@H](O)[C@H](O[C@@H]2O[C@H](CO)[C@@H](O[C@@H]3O[C@H](CO[C@H]4O[C@H](CO)[C@@H](O)[C@H](O)[C@@H]4O[C@@H]4O[C@H](COS(=O)(=O)O)[C@@H](O[C@@H]5O[C@H](CO)[C@H](O)[C@H](O)[C@H]5O)[C@H](O[C@@H]5O[C@@H](C)[C@@H](O)[C@@H](O)[C@@H]5O)[C@H]4NC(C)=O)[C@@H](O)[C@H](O[C@H]4O[C@H](CO)[C@@H](O)[C@H](O)[C@@H]4O[C@@H]4O[C@H](COS(=O)(=O)O)[C@@H](O[C@@H]5O[C@H](CO)[C@H](O)[C@H](O)[C@H]5O)[C@H](O[C@@H]5O[C@@H](C)[C@@H](O)[C@@H](O)[C@H]5O)[C@H]4NC(C)=O)[C@@H]3O)[C@H](O)[C@H]2NC(C)=O)[C@@H](CO[C@@H]2O[C@@H](C)[C@@H](O)[C@@H](O)[C@@H]2O)O[C@H]1O. The summed E-state index contributed by atoms with van der Waals surface area (Å²) in [5.41, 5.74) is 0. The fourth-order valence-corrected chi connectivity index (χ4v) is 19.5. The van der Waals surface area contributed by atoms with Crippen molar-refractivity contribution in [3.05, 3.63) is 0 Å². The van der Waals surface area contributed by atoms with Crippen LogP contribution in [-0.4, -0.2) is 625 Å². The van der Waals surface area contributed by atoms with E-state index in [-0.39, 0.29) is 0 Å². The maximum atomic E-state index is 13.8. The van der Waals surface area contributed by atoms with E-state index in [1.807, 2.05) is 0 Å². The molecule has 60 atom stereocenters. The van der Waals surface area contributed by atoms with Gasteiger partial charge in [0, 0.05) is 27.7 Å². The third-order valence-corrected chi connectivity index (χ3v) is 27.8. The van der Waals surface area contributed by atoms with Crippen molar-refractivity contribution in [3.8, 4) is 0 Å². The Morgan fingerprint density at radius 2 is 0.480 bits per heavy atom. The Balaban J connectivity index is 0.947. The van der Waals surface area contributed by atoms with Gasteiger partial charge in [0.2, 0.25) is 23.6 Å². The molecular formula is C80H134N4O64S2. The van der Waals surface area contributed by atoms with E-state index in [2.05, 4.69) is 21.3 Å². The quantitative estimate of drug-likeness (QED) is 0.0254. The summed E-state index contributed by atoms with van der Waals surface area (Å²) < 4.78 is 219. The molecule has 0 saturated carbocycles. The molecule has 35 N–H and O–H groups in total. The van der Waals surface area contributed by atoms with E-state index in [4.69, 9.17) is 117 Å². The number of nitrogens with one attached hydrogen (secondary N) is 4. The molecule has 150 heavy (non-hydrogen) atoms.